The van der Waals surface area contributed by atoms with Gasteiger partial charge in [0.15, 0.2) is 5.82 Å². The zero-order valence-corrected chi connectivity index (χ0v) is 13.9. The van der Waals surface area contributed by atoms with Gasteiger partial charge < -0.3 is 4.72 Å². The number of aromatic nitrogens is 2. The predicted molar refractivity (Wildman–Crippen MR) is 94.6 cm³/mol. The van der Waals surface area contributed by atoms with Crippen LogP contribution in [0.5, 0.6) is 0 Å². The second-order valence-electron chi connectivity index (χ2n) is 5.28. The Hall–Kier alpha value is -1.78. The van der Waals surface area contributed by atoms with Gasteiger partial charge in [0.05, 0.1) is 17.2 Å². The van der Waals surface area contributed by atoms with Gasteiger partial charge in [-0.25, -0.2) is 4.98 Å². The van der Waals surface area contributed by atoms with Crippen LogP contribution >= 0.6 is 23.5 Å². The van der Waals surface area contributed by atoms with Crippen LogP contribution in [0.25, 0.3) is 11.0 Å². The number of nitrogens with zero attached hydrogens (tertiary/aromatic N) is 2. The Balaban J connectivity index is 1.82. The lowest BCUT2D eigenvalue weighted by molar-refractivity contribution is 0.872. The zero-order valence-electron chi connectivity index (χ0n) is 12.4. The molecule has 2 aromatic carbocycles. The number of benzene rings is 2. The van der Waals surface area contributed by atoms with Crippen molar-refractivity contribution in [2.45, 2.75) is 24.7 Å². The summed E-state index contributed by atoms with van der Waals surface area (Å²) in [5.74, 6) is 1.17. The summed E-state index contributed by atoms with van der Waals surface area (Å²) in [6.07, 6.45) is 1.77. The number of fused-ring (bicyclic) bond motifs is 1. The molecule has 0 spiro atoms. The summed E-state index contributed by atoms with van der Waals surface area (Å²) in [6.45, 7) is 4.33. The van der Waals surface area contributed by atoms with Gasteiger partial charge in [0.25, 0.3) is 0 Å². The third-order valence-corrected chi connectivity index (χ3v) is 4.38. The molecule has 0 aliphatic heterocycles. The SMILES string of the molecule is CC(C)c1cccc2nc(NSc3ccc(Cl)cc3)cnc12. The molecular formula is C17H16ClN3S. The third kappa shape index (κ3) is 3.34. The van der Waals surface area contributed by atoms with Gasteiger partial charge in [-0.1, -0.05) is 37.6 Å². The minimum Gasteiger partial charge on any atom is -0.309 e. The fourth-order valence-corrected chi connectivity index (χ4v) is 2.91. The van der Waals surface area contributed by atoms with E-state index in [1.165, 1.54) is 17.5 Å². The standard InChI is InChI=1S/C17H16ClN3S/c1-11(2)14-4-3-5-15-17(14)19-10-16(20-15)21-22-13-8-6-12(18)7-9-13/h3-11H,1-2H3,(H,20,21). The minimum absolute atomic E-state index is 0.431. The number of hydrogen-bond donors (Lipinski definition) is 1. The summed E-state index contributed by atoms with van der Waals surface area (Å²) in [7, 11) is 0. The van der Waals surface area contributed by atoms with Gasteiger partial charge in [-0.15, -0.1) is 0 Å². The molecule has 1 aromatic heterocycles. The highest BCUT2D eigenvalue weighted by molar-refractivity contribution is 8.00. The van der Waals surface area contributed by atoms with Gasteiger partial charge >= 0.3 is 0 Å². The van der Waals surface area contributed by atoms with Crippen molar-refractivity contribution in [3.8, 4) is 0 Å². The maximum atomic E-state index is 5.88. The van der Waals surface area contributed by atoms with Crippen LogP contribution in [0.1, 0.15) is 25.3 Å². The first-order chi connectivity index (χ1) is 10.6. The van der Waals surface area contributed by atoms with Crippen molar-refractivity contribution < 1.29 is 0 Å². The largest absolute Gasteiger partial charge is 0.309 e. The van der Waals surface area contributed by atoms with Crippen LogP contribution in [0.3, 0.4) is 0 Å². The van der Waals surface area contributed by atoms with E-state index in [9.17, 15) is 0 Å². The molecule has 3 rings (SSSR count). The van der Waals surface area contributed by atoms with E-state index in [0.717, 1.165) is 26.8 Å². The molecule has 0 aliphatic carbocycles. The number of nitrogens with one attached hydrogen (secondary N) is 1. The van der Waals surface area contributed by atoms with Gasteiger partial charge in [-0.2, -0.15) is 0 Å². The van der Waals surface area contributed by atoms with Crippen LogP contribution < -0.4 is 4.72 Å². The van der Waals surface area contributed by atoms with Crippen LogP contribution in [0, 0.1) is 0 Å². The number of rotatable bonds is 4. The molecule has 0 saturated carbocycles. The molecule has 0 bridgehead atoms. The van der Waals surface area contributed by atoms with Crippen molar-refractivity contribution in [1.29, 1.82) is 0 Å². The number of hydrogen-bond acceptors (Lipinski definition) is 4. The van der Waals surface area contributed by atoms with Crippen molar-refractivity contribution in [2.24, 2.45) is 0 Å². The molecule has 112 valence electrons. The van der Waals surface area contributed by atoms with Crippen molar-refractivity contribution in [1.82, 2.24) is 9.97 Å². The van der Waals surface area contributed by atoms with Gasteiger partial charge in [0, 0.05) is 9.92 Å². The van der Waals surface area contributed by atoms with E-state index in [2.05, 4.69) is 34.6 Å². The number of anilines is 1. The summed E-state index contributed by atoms with van der Waals surface area (Å²) in [5, 5.41) is 0.732. The first-order valence-corrected chi connectivity index (χ1v) is 8.27. The average Bonchev–Trinajstić information content (AvgIpc) is 2.53. The summed E-state index contributed by atoms with van der Waals surface area (Å²) in [5.41, 5.74) is 3.11. The van der Waals surface area contributed by atoms with E-state index in [4.69, 9.17) is 11.6 Å². The van der Waals surface area contributed by atoms with Crippen molar-refractivity contribution in [2.75, 3.05) is 4.72 Å². The average molecular weight is 330 g/mol. The summed E-state index contributed by atoms with van der Waals surface area (Å²) >= 11 is 7.37. The van der Waals surface area contributed by atoms with Crippen molar-refractivity contribution >= 4 is 40.4 Å². The Kier molecular flexibility index (Phi) is 4.50. The smallest absolute Gasteiger partial charge is 0.155 e. The van der Waals surface area contributed by atoms with Gasteiger partial charge in [0.1, 0.15) is 0 Å². The zero-order chi connectivity index (χ0) is 15.5. The van der Waals surface area contributed by atoms with E-state index in [1.807, 2.05) is 36.4 Å². The molecule has 1 N–H and O–H groups in total. The first kappa shape index (κ1) is 15.1. The molecule has 0 fully saturated rings. The molecule has 0 saturated heterocycles. The van der Waals surface area contributed by atoms with Crippen LogP contribution in [-0.4, -0.2) is 9.97 Å². The van der Waals surface area contributed by atoms with Crippen LogP contribution in [0.4, 0.5) is 5.82 Å². The molecule has 0 radical (unpaired) electrons. The van der Waals surface area contributed by atoms with Crippen molar-refractivity contribution in [3.05, 3.63) is 59.2 Å². The van der Waals surface area contributed by atoms with E-state index >= 15 is 0 Å². The third-order valence-electron chi connectivity index (χ3n) is 3.31. The summed E-state index contributed by atoms with van der Waals surface area (Å²) in [4.78, 5) is 10.3. The maximum Gasteiger partial charge on any atom is 0.155 e. The van der Waals surface area contributed by atoms with E-state index in [-0.39, 0.29) is 0 Å². The number of para-hydroxylation sites is 1. The molecule has 22 heavy (non-hydrogen) atoms. The van der Waals surface area contributed by atoms with Gasteiger partial charge in [-0.3, -0.25) is 4.98 Å². The fraction of sp³-hybridized carbons (Fsp3) is 0.176. The normalized spacial score (nSPS) is 11.1. The molecule has 1 heterocycles. The summed E-state index contributed by atoms with van der Waals surface area (Å²) in [6, 6.07) is 13.8. The Labute approximate surface area is 139 Å². The summed E-state index contributed by atoms with van der Waals surface area (Å²) < 4.78 is 3.22. The molecule has 3 aromatic rings. The van der Waals surface area contributed by atoms with Crippen LogP contribution in [-0.2, 0) is 0 Å². The lowest BCUT2D eigenvalue weighted by Crippen LogP contribution is -1.97. The monoisotopic (exact) mass is 329 g/mol. The van der Waals surface area contributed by atoms with E-state index in [1.54, 1.807) is 6.20 Å². The van der Waals surface area contributed by atoms with Gasteiger partial charge in [-0.05, 0) is 53.8 Å². The Morgan fingerprint density at radius 3 is 2.59 bits per heavy atom. The second kappa shape index (κ2) is 6.55. The first-order valence-electron chi connectivity index (χ1n) is 7.07. The van der Waals surface area contributed by atoms with Gasteiger partial charge in [0.2, 0.25) is 0 Å². The minimum atomic E-state index is 0.431. The lowest BCUT2D eigenvalue weighted by atomic mass is 10.0. The maximum absolute atomic E-state index is 5.88. The fourth-order valence-electron chi connectivity index (χ4n) is 2.19. The molecule has 3 nitrogen and oxygen atoms in total. The Morgan fingerprint density at radius 2 is 1.86 bits per heavy atom. The topological polar surface area (TPSA) is 37.8 Å². The predicted octanol–water partition coefficient (Wildman–Crippen LogP) is 5.53. The molecule has 0 aliphatic rings. The van der Waals surface area contributed by atoms with E-state index in [0.29, 0.717) is 5.92 Å². The highest BCUT2D eigenvalue weighted by atomic mass is 35.5. The van der Waals surface area contributed by atoms with Crippen LogP contribution in [0.15, 0.2) is 53.6 Å². The molecule has 0 unspecified atom stereocenters. The van der Waals surface area contributed by atoms with E-state index < -0.39 is 0 Å². The lowest BCUT2D eigenvalue weighted by Gasteiger charge is -2.10. The Morgan fingerprint density at radius 1 is 1.09 bits per heavy atom. The molecular weight excluding hydrogens is 314 g/mol. The highest BCUT2D eigenvalue weighted by Gasteiger charge is 2.08. The quantitative estimate of drug-likeness (QED) is 0.639. The molecule has 0 amide bonds. The van der Waals surface area contributed by atoms with Crippen molar-refractivity contribution in [3.63, 3.8) is 0 Å². The highest BCUT2D eigenvalue weighted by Crippen LogP contribution is 2.25. The number of halogens is 1. The Bertz CT molecular complexity index is 788. The molecule has 0 atom stereocenters. The van der Waals surface area contributed by atoms with Crippen LogP contribution in [0.2, 0.25) is 5.02 Å². The second-order valence-corrected chi connectivity index (χ2v) is 6.60. The molecule has 5 heteroatoms.